The van der Waals surface area contributed by atoms with Gasteiger partial charge >= 0.3 is 6.09 Å². The van der Waals surface area contributed by atoms with E-state index in [4.69, 9.17) is 4.74 Å². The van der Waals surface area contributed by atoms with Gasteiger partial charge in [-0.25, -0.2) is 14.3 Å². The Bertz CT molecular complexity index is 1030. The normalized spacial score (nSPS) is 14.3. The van der Waals surface area contributed by atoms with Gasteiger partial charge in [-0.1, -0.05) is 12.1 Å². The number of nitrogens with one attached hydrogen (secondary N) is 1. The number of carbonyl (C=O) groups is 1. The largest absolute Gasteiger partial charge is 0.444 e. The van der Waals surface area contributed by atoms with E-state index in [9.17, 15) is 4.79 Å². The highest BCUT2D eigenvalue weighted by molar-refractivity contribution is 5.78. The maximum atomic E-state index is 11.9. The van der Waals surface area contributed by atoms with Gasteiger partial charge in [0.05, 0.1) is 11.2 Å². The van der Waals surface area contributed by atoms with E-state index < -0.39 is 11.7 Å². The molecule has 1 aliphatic rings. The summed E-state index contributed by atoms with van der Waals surface area (Å²) in [5.74, 6) is 0.678. The number of nitrogens with zero attached hydrogens (tertiary/aromatic N) is 3. The Labute approximate surface area is 164 Å². The molecule has 1 aliphatic carbocycles. The highest BCUT2D eigenvalue weighted by atomic mass is 16.6. The van der Waals surface area contributed by atoms with Gasteiger partial charge in [0.2, 0.25) is 0 Å². The molecule has 0 spiro atoms. The third kappa shape index (κ3) is 4.01. The van der Waals surface area contributed by atoms with Crippen LogP contribution in [0, 0.1) is 6.92 Å². The molecule has 4 rings (SSSR count). The van der Waals surface area contributed by atoms with E-state index in [1.807, 2.05) is 44.3 Å². The summed E-state index contributed by atoms with van der Waals surface area (Å²) in [4.78, 5) is 16.4. The quantitative estimate of drug-likeness (QED) is 0.720. The van der Waals surface area contributed by atoms with Crippen molar-refractivity contribution < 1.29 is 9.53 Å². The van der Waals surface area contributed by atoms with E-state index in [0.717, 1.165) is 27.9 Å². The minimum Gasteiger partial charge on any atom is -0.444 e. The molecule has 1 N–H and O–H groups in total. The number of aryl methyl sites for hydroxylation is 1. The van der Waals surface area contributed by atoms with Gasteiger partial charge in [-0.05, 0) is 75.3 Å². The van der Waals surface area contributed by atoms with Crippen LogP contribution in [-0.2, 0) is 11.3 Å². The van der Waals surface area contributed by atoms with Crippen LogP contribution in [0.3, 0.4) is 0 Å². The Morgan fingerprint density at radius 3 is 2.75 bits per heavy atom. The summed E-state index contributed by atoms with van der Waals surface area (Å²) in [7, 11) is 0. The lowest BCUT2D eigenvalue weighted by Gasteiger charge is -2.20. The van der Waals surface area contributed by atoms with Gasteiger partial charge in [0.15, 0.2) is 0 Å². The highest BCUT2D eigenvalue weighted by Crippen LogP contribution is 2.41. The summed E-state index contributed by atoms with van der Waals surface area (Å²) in [5, 5.41) is 7.18. The van der Waals surface area contributed by atoms with Crippen LogP contribution in [-0.4, -0.2) is 26.3 Å². The van der Waals surface area contributed by atoms with Gasteiger partial charge in [0, 0.05) is 18.3 Å². The molecule has 0 radical (unpaired) electrons. The average molecular weight is 378 g/mol. The Hall–Kier alpha value is -2.89. The van der Waals surface area contributed by atoms with Crippen molar-refractivity contribution in [3.8, 4) is 11.3 Å². The van der Waals surface area contributed by atoms with Crippen LogP contribution in [0.25, 0.3) is 16.8 Å². The minimum atomic E-state index is -0.502. The molecule has 0 bridgehead atoms. The summed E-state index contributed by atoms with van der Waals surface area (Å²) < 4.78 is 7.22. The van der Waals surface area contributed by atoms with E-state index in [0.29, 0.717) is 12.5 Å². The van der Waals surface area contributed by atoms with Gasteiger partial charge in [-0.15, -0.1) is 0 Å². The van der Waals surface area contributed by atoms with Crippen LogP contribution < -0.4 is 5.32 Å². The number of hydrogen-bond donors (Lipinski definition) is 1. The Kier molecular flexibility index (Phi) is 4.57. The van der Waals surface area contributed by atoms with E-state index in [1.54, 1.807) is 6.33 Å². The van der Waals surface area contributed by atoms with Gasteiger partial charge in [0.1, 0.15) is 11.9 Å². The second kappa shape index (κ2) is 6.93. The fraction of sp³-hybridized carbons (Fsp3) is 0.409. The summed E-state index contributed by atoms with van der Waals surface area (Å²) in [5.41, 5.74) is 5.99. The summed E-state index contributed by atoms with van der Waals surface area (Å²) in [6, 6.07) is 8.40. The fourth-order valence-electron chi connectivity index (χ4n) is 3.34. The molecule has 1 fully saturated rings. The van der Waals surface area contributed by atoms with Crippen molar-refractivity contribution in [3.05, 3.63) is 53.5 Å². The van der Waals surface area contributed by atoms with Gasteiger partial charge < -0.3 is 10.1 Å². The summed E-state index contributed by atoms with van der Waals surface area (Å²) in [6.45, 7) is 8.03. The zero-order chi connectivity index (χ0) is 19.9. The monoisotopic (exact) mass is 378 g/mol. The van der Waals surface area contributed by atoms with Gasteiger partial charge in [-0.3, -0.25) is 0 Å². The molecular weight excluding hydrogens is 352 g/mol. The van der Waals surface area contributed by atoms with Crippen molar-refractivity contribution in [3.63, 3.8) is 0 Å². The fourth-order valence-corrected chi connectivity index (χ4v) is 3.34. The third-order valence-electron chi connectivity index (χ3n) is 4.91. The first kappa shape index (κ1) is 18.5. The number of ether oxygens (including phenoxy) is 1. The van der Waals surface area contributed by atoms with Gasteiger partial charge in [0.25, 0.3) is 0 Å². The SMILES string of the molecule is Cc1cc(-c2ncnn3cc(C4CC4)cc23)ccc1CNC(=O)OC(C)(C)C. The average Bonchev–Trinajstić information content (AvgIpc) is 3.37. The second-order valence-electron chi connectivity index (χ2n) is 8.48. The van der Waals surface area contributed by atoms with E-state index in [1.165, 1.54) is 18.4 Å². The summed E-state index contributed by atoms with van der Waals surface area (Å²) >= 11 is 0. The van der Waals surface area contributed by atoms with Crippen molar-refractivity contribution >= 4 is 11.6 Å². The number of carbonyl (C=O) groups excluding carboxylic acids is 1. The number of alkyl carbamates (subject to hydrolysis) is 1. The topological polar surface area (TPSA) is 68.5 Å². The smallest absolute Gasteiger partial charge is 0.407 e. The molecule has 6 nitrogen and oxygen atoms in total. The minimum absolute atomic E-state index is 0.408. The van der Waals surface area contributed by atoms with E-state index in [2.05, 4.69) is 33.7 Å². The first-order chi connectivity index (χ1) is 13.3. The van der Waals surface area contributed by atoms with Crippen LogP contribution >= 0.6 is 0 Å². The summed E-state index contributed by atoms with van der Waals surface area (Å²) in [6.07, 6.45) is 5.83. The Balaban J connectivity index is 1.55. The van der Waals surface area contributed by atoms with Crippen LogP contribution in [0.4, 0.5) is 4.79 Å². The first-order valence-corrected chi connectivity index (χ1v) is 9.70. The lowest BCUT2D eigenvalue weighted by atomic mass is 10.0. The van der Waals surface area contributed by atoms with Crippen LogP contribution in [0.1, 0.15) is 56.2 Å². The molecule has 0 atom stereocenters. The van der Waals surface area contributed by atoms with E-state index >= 15 is 0 Å². The van der Waals surface area contributed by atoms with Crippen LogP contribution in [0.2, 0.25) is 0 Å². The molecule has 0 unspecified atom stereocenters. The molecule has 28 heavy (non-hydrogen) atoms. The molecule has 1 aromatic carbocycles. The number of aromatic nitrogens is 3. The molecule has 3 aromatic rings. The first-order valence-electron chi connectivity index (χ1n) is 9.70. The maximum Gasteiger partial charge on any atom is 0.407 e. The van der Waals surface area contributed by atoms with Crippen molar-refractivity contribution in [2.75, 3.05) is 0 Å². The molecule has 6 heteroatoms. The van der Waals surface area contributed by atoms with Crippen molar-refractivity contribution in [2.45, 2.75) is 58.6 Å². The molecule has 1 amide bonds. The predicted octanol–water partition coefficient (Wildman–Crippen LogP) is 4.61. The van der Waals surface area contributed by atoms with Crippen LogP contribution in [0.15, 0.2) is 36.8 Å². The zero-order valence-corrected chi connectivity index (χ0v) is 16.8. The van der Waals surface area contributed by atoms with Crippen molar-refractivity contribution in [2.24, 2.45) is 0 Å². The molecule has 2 aromatic heterocycles. The standard InChI is InChI=1S/C22H26N4O2/c1-14-9-16(7-8-17(14)11-23-21(27)28-22(2,3)4)20-19-10-18(15-5-6-15)12-26(19)25-13-24-20/h7-10,12-13,15H,5-6,11H2,1-4H3,(H,23,27). The molecule has 1 saturated carbocycles. The third-order valence-corrected chi connectivity index (χ3v) is 4.91. The Morgan fingerprint density at radius 2 is 2.07 bits per heavy atom. The lowest BCUT2D eigenvalue weighted by Crippen LogP contribution is -2.32. The molecule has 0 aliphatic heterocycles. The number of hydrogen-bond acceptors (Lipinski definition) is 4. The maximum absolute atomic E-state index is 11.9. The number of fused-ring (bicyclic) bond motifs is 1. The van der Waals surface area contributed by atoms with Crippen molar-refractivity contribution in [1.29, 1.82) is 0 Å². The van der Waals surface area contributed by atoms with Gasteiger partial charge in [-0.2, -0.15) is 5.10 Å². The Morgan fingerprint density at radius 1 is 1.29 bits per heavy atom. The molecule has 2 heterocycles. The highest BCUT2D eigenvalue weighted by Gasteiger charge is 2.25. The number of amides is 1. The molecule has 146 valence electrons. The number of benzene rings is 1. The second-order valence-corrected chi connectivity index (χ2v) is 8.48. The zero-order valence-electron chi connectivity index (χ0n) is 16.8. The van der Waals surface area contributed by atoms with Crippen molar-refractivity contribution in [1.82, 2.24) is 19.9 Å². The predicted molar refractivity (Wildman–Crippen MR) is 108 cm³/mol. The van der Waals surface area contributed by atoms with E-state index in [-0.39, 0.29) is 0 Å². The number of rotatable bonds is 4. The molecular formula is C22H26N4O2. The lowest BCUT2D eigenvalue weighted by molar-refractivity contribution is 0.0523. The van der Waals surface area contributed by atoms with Crippen LogP contribution in [0.5, 0.6) is 0 Å². The molecule has 0 saturated heterocycles.